The fraction of sp³-hybridized carbons (Fsp3) is 1.00. The van der Waals surface area contributed by atoms with Gasteiger partial charge in [-0.2, -0.15) is 0 Å². The summed E-state index contributed by atoms with van der Waals surface area (Å²) < 4.78 is 0. The summed E-state index contributed by atoms with van der Waals surface area (Å²) in [7, 11) is 2.13. The van der Waals surface area contributed by atoms with E-state index < -0.39 is 0 Å². The van der Waals surface area contributed by atoms with Crippen LogP contribution in [-0.4, -0.2) is 13.1 Å². The lowest BCUT2D eigenvalue weighted by atomic mass is 9.66. The van der Waals surface area contributed by atoms with E-state index in [9.17, 15) is 0 Å². The van der Waals surface area contributed by atoms with Gasteiger partial charge in [0, 0.05) is 6.04 Å². The molecule has 16 heavy (non-hydrogen) atoms. The van der Waals surface area contributed by atoms with Crippen LogP contribution in [0.1, 0.15) is 65.2 Å². The Morgan fingerprint density at radius 2 is 2.06 bits per heavy atom. The monoisotopic (exact) mass is 223 g/mol. The van der Waals surface area contributed by atoms with Crippen molar-refractivity contribution in [2.45, 2.75) is 71.3 Å². The van der Waals surface area contributed by atoms with Gasteiger partial charge in [-0.05, 0) is 56.4 Å². The highest BCUT2D eigenvalue weighted by Crippen LogP contribution is 2.50. The quantitative estimate of drug-likeness (QED) is 0.763. The van der Waals surface area contributed by atoms with Crippen molar-refractivity contribution in [3.8, 4) is 0 Å². The first kappa shape index (κ1) is 12.4. The second-order valence-corrected chi connectivity index (χ2v) is 6.52. The molecule has 1 heteroatoms. The Kier molecular flexibility index (Phi) is 3.94. The van der Waals surface area contributed by atoms with Crippen LogP contribution < -0.4 is 5.32 Å². The van der Waals surface area contributed by atoms with Crippen LogP contribution in [0.5, 0.6) is 0 Å². The van der Waals surface area contributed by atoms with Crippen LogP contribution in [0.25, 0.3) is 0 Å². The summed E-state index contributed by atoms with van der Waals surface area (Å²) in [6.07, 6.45) is 11.7. The molecule has 4 unspecified atom stereocenters. The molecule has 2 saturated carbocycles. The van der Waals surface area contributed by atoms with Crippen LogP contribution in [0.2, 0.25) is 0 Å². The van der Waals surface area contributed by atoms with Crippen molar-refractivity contribution in [2.24, 2.45) is 17.3 Å². The van der Waals surface area contributed by atoms with Gasteiger partial charge in [-0.25, -0.2) is 0 Å². The SMILES string of the molecule is CCC1CCCC(C2(C)CCC(NC)C2)C1. The summed E-state index contributed by atoms with van der Waals surface area (Å²) in [5, 5.41) is 3.48. The minimum Gasteiger partial charge on any atom is -0.317 e. The zero-order valence-electron chi connectivity index (χ0n) is 11.4. The van der Waals surface area contributed by atoms with Crippen LogP contribution in [-0.2, 0) is 0 Å². The molecule has 2 fully saturated rings. The molecule has 0 saturated heterocycles. The van der Waals surface area contributed by atoms with Crippen LogP contribution in [0.3, 0.4) is 0 Å². The molecular formula is C15H29N. The highest BCUT2D eigenvalue weighted by molar-refractivity contribution is 4.95. The summed E-state index contributed by atoms with van der Waals surface area (Å²) in [6, 6.07) is 0.798. The summed E-state index contributed by atoms with van der Waals surface area (Å²) in [5.74, 6) is 2.05. The molecule has 1 N–H and O–H groups in total. The second-order valence-electron chi connectivity index (χ2n) is 6.52. The van der Waals surface area contributed by atoms with Crippen molar-refractivity contribution in [3.05, 3.63) is 0 Å². The topological polar surface area (TPSA) is 12.0 Å². The predicted molar refractivity (Wildman–Crippen MR) is 70.5 cm³/mol. The predicted octanol–water partition coefficient (Wildman–Crippen LogP) is 3.98. The average molecular weight is 223 g/mol. The third kappa shape index (κ3) is 2.45. The normalized spacial score (nSPS) is 44.8. The Morgan fingerprint density at radius 3 is 2.69 bits per heavy atom. The Balaban J connectivity index is 1.95. The van der Waals surface area contributed by atoms with Crippen LogP contribution in [0.15, 0.2) is 0 Å². The van der Waals surface area contributed by atoms with E-state index in [4.69, 9.17) is 0 Å². The van der Waals surface area contributed by atoms with Crippen molar-refractivity contribution < 1.29 is 0 Å². The van der Waals surface area contributed by atoms with Crippen molar-refractivity contribution in [1.82, 2.24) is 5.32 Å². The number of hydrogen-bond donors (Lipinski definition) is 1. The zero-order valence-corrected chi connectivity index (χ0v) is 11.4. The Hall–Kier alpha value is -0.0400. The molecule has 1 nitrogen and oxygen atoms in total. The number of hydrogen-bond acceptors (Lipinski definition) is 1. The number of rotatable bonds is 3. The van der Waals surface area contributed by atoms with Gasteiger partial charge in [0.1, 0.15) is 0 Å². The maximum absolute atomic E-state index is 3.48. The van der Waals surface area contributed by atoms with Gasteiger partial charge >= 0.3 is 0 Å². The van der Waals surface area contributed by atoms with Gasteiger partial charge in [0.05, 0.1) is 0 Å². The first-order valence-electron chi connectivity index (χ1n) is 7.35. The molecular weight excluding hydrogens is 194 g/mol. The minimum absolute atomic E-state index is 0.654. The summed E-state index contributed by atoms with van der Waals surface area (Å²) in [6.45, 7) is 4.94. The maximum atomic E-state index is 3.48. The summed E-state index contributed by atoms with van der Waals surface area (Å²) in [4.78, 5) is 0. The van der Waals surface area contributed by atoms with E-state index in [1.807, 2.05) is 0 Å². The lowest BCUT2D eigenvalue weighted by Crippen LogP contribution is -2.32. The fourth-order valence-corrected chi connectivity index (χ4v) is 4.18. The molecule has 0 spiro atoms. The molecule has 0 aromatic heterocycles. The fourth-order valence-electron chi connectivity index (χ4n) is 4.18. The van der Waals surface area contributed by atoms with Crippen LogP contribution in [0.4, 0.5) is 0 Å². The van der Waals surface area contributed by atoms with Crippen molar-refractivity contribution >= 4 is 0 Å². The van der Waals surface area contributed by atoms with Gasteiger partial charge in [0.25, 0.3) is 0 Å². The van der Waals surface area contributed by atoms with Gasteiger partial charge < -0.3 is 5.32 Å². The number of nitrogens with one attached hydrogen (secondary N) is 1. The van der Waals surface area contributed by atoms with Gasteiger partial charge in [-0.1, -0.05) is 33.1 Å². The molecule has 0 amide bonds. The van der Waals surface area contributed by atoms with E-state index >= 15 is 0 Å². The molecule has 0 aliphatic heterocycles. The standard InChI is InChI=1S/C15H29N/c1-4-12-6-5-7-13(10-12)15(2)9-8-14(11-15)16-3/h12-14,16H,4-11H2,1-3H3. The van der Waals surface area contributed by atoms with Crippen molar-refractivity contribution in [2.75, 3.05) is 7.05 Å². The van der Waals surface area contributed by atoms with E-state index in [0.29, 0.717) is 5.41 Å². The maximum Gasteiger partial charge on any atom is 0.00695 e. The van der Waals surface area contributed by atoms with Crippen molar-refractivity contribution in [3.63, 3.8) is 0 Å². The lowest BCUT2D eigenvalue weighted by molar-refractivity contribution is 0.109. The Morgan fingerprint density at radius 1 is 1.25 bits per heavy atom. The Bertz CT molecular complexity index is 225. The Labute approximate surface area is 101 Å². The molecule has 2 rings (SSSR count). The third-order valence-electron chi connectivity index (χ3n) is 5.53. The third-order valence-corrected chi connectivity index (χ3v) is 5.53. The summed E-state index contributed by atoms with van der Waals surface area (Å²) >= 11 is 0. The largest absolute Gasteiger partial charge is 0.317 e. The molecule has 4 atom stereocenters. The van der Waals surface area contributed by atoms with E-state index in [0.717, 1.165) is 17.9 Å². The molecule has 2 aliphatic rings. The first-order chi connectivity index (χ1) is 7.68. The van der Waals surface area contributed by atoms with Crippen LogP contribution in [0, 0.1) is 17.3 Å². The molecule has 0 heterocycles. The van der Waals surface area contributed by atoms with E-state index in [1.165, 1.54) is 51.4 Å². The van der Waals surface area contributed by atoms with Gasteiger partial charge in [-0.15, -0.1) is 0 Å². The highest BCUT2D eigenvalue weighted by atomic mass is 14.9. The molecule has 94 valence electrons. The minimum atomic E-state index is 0.654. The van der Waals surface area contributed by atoms with Gasteiger partial charge in [0.15, 0.2) is 0 Å². The smallest absolute Gasteiger partial charge is 0.00695 e. The van der Waals surface area contributed by atoms with Gasteiger partial charge in [-0.3, -0.25) is 0 Å². The van der Waals surface area contributed by atoms with E-state index in [1.54, 1.807) is 0 Å². The molecule has 0 aromatic carbocycles. The van der Waals surface area contributed by atoms with E-state index in [-0.39, 0.29) is 0 Å². The lowest BCUT2D eigenvalue weighted by Gasteiger charge is -2.40. The highest BCUT2D eigenvalue weighted by Gasteiger charge is 2.42. The van der Waals surface area contributed by atoms with Gasteiger partial charge in [0.2, 0.25) is 0 Å². The van der Waals surface area contributed by atoms with E-state index in [2.05, 4.69) is 26.2 Å². The molecule has 0 radical (unpaired) electrons. The zero-order chi connectivity index (χ0) is 11.6. The van der Waals surface area contributed by atoms with Crippen molar-refractivity contribution in [1.29, 1.82) is 0 Å². The van der Waals surface area contributed by atoms with Crippen LogP contribution >= 0.6 is 0 Å². The summed E-state index contributed by atoms with van der Waals surface area (Å²) in [5.41, 5.74) is 0.654. The molecule has 0 aromatic rings. The molecule has 2 aliphatic carbocycles. The molecule has 0 bridgehead atoms. The average Bonchev–Trinajstić information content (AvgIpc) is 2.73. The first-order valence-corrected chi connectivity index (χ1v) is 7.35. The second kappa shape index (κ2) is 5.08.